The Bertz CT molecular complexity index is 327. The fourth-order valence-electron chi connectivity index (χ4n) is 1.25. The highest BCUT2D eigenvalue weighted by atomic mass is 19.1. The average molecular weight is 191 g/mol. The normalized spacial score (nSPS) is 12.1. The molecule has 0 aromatic heterocycles. The summed E-state index contributed by atoms with van der Waals surface area (Å²) in [6, 6.07) is 6.73. The summed E-state index contributed by atoms with van der Waals surface area (Å²) in [4.78, 5) is 0. The first-order valence-electron chi connectivity index (χ1n) is 4.66. The summed E-state index contributed by atoms with van der Waals surface area (Å²) >= 11 is 0. The van der Waals surface area contributed by atoms with Crippen molar-refractivity contribution in [2.75, 3.05) is 6.54 Å². The number of benzene rings is 1. The van der Waals surface area contributed by atoms with Crippen LogP contribution in [0.25, 0.3) is 0 Å². The second kappa shape index (κ2) is 5.41. The molecule has 0 bridgehead atoms. The van der Waals surface area contributed by atoms with E-state index in [1.54, 1.807) is 6.07 Å². The van der Waals surface area contributed by atoms with Crippen molar-refractivity contribution in [1.29, 1.82) is 0 Å². The van der Waals surface area contributed by atoms with E-state index in [0.29, 0.717) is 6.42 Å². The minimum Gasteiger partial charge on any atom is -0.309 e. The van der Waals surface area contributed by atoms with Crippen molar-refractivity contribution in [1.82, 2.24) is 5.32 Å². The van der Waals surface area contributed by atoms with Crippen LogP contribution >= 0.6 is 0 Å². The fraction of sp³-hybridized carbons (Fsp3) is 0.333. The van der Waals surface area contributed by atoms with Gasteiger partial charge in [-0.25, -0.2) is 4.39 Å². The zero-order valence-corrected chi connectivity index (χ0v) is 8.26. The highest BCUT2D eigenvalue weighted by Crippen LogP contribution is 2.12. The lowest BCUT2D eigenvalue weighted by molar-refractivity contribution is 0.573. The summed E-state index contributed by atoms with van der Waals surface area (Å²) in [5.41, 5.74) is 0.946. The number of halogens is 1. The molecule has 0 saturated carbocycles. The summed E-state index contributed by atoms with van der Waals surface area (Å²) < 4.78 is 12.9. The summed E-state index contributed by atoms with van der Waals surface area (Å²) in [6.45, 7) is 2.75. The Morgan fingerprint density at radius 2 is 2.36 bits per heavy atom. The van der Waals surface area contributed by atoms with Gasteiger partial charge in [0.15, 0.2) is 0 Å². The van der Waals surface area contributed by atoms with Crippen LogP contribution < -0.4 is 5.32 Å². The molecule has 1 nitrogen and oxygen atoms in total. The Kier molecular flexibility index (Phi) is 4.15. The summed E-state index contributed by atoms with van der Waals surface area (Å²) in [5, 5.41) is 3.22. The molecule has 0 heterocycles. The van der Waals surface area contributed by atoms with Crippen molar-refractivity contribution >= 4 is 0 Å². The van der Waals surface area contributed by atoms with E-state index in [-0.39, 0.29) is 11.9 Å². The third-order valence-electron chi connectivity index (χ3n) is 2.07. The number of hydrogen-bond acceptors (Lipinski definition) is 1. The standard InChI is InChI=1S/C12H14FN/c1-3-4-8-14-10(2)11-6-5-7-12(13)9-11/h1,5-7,9-10,14H,4,8H2,2H3/t10-/m1/s1. The fourth-order valence-corrected chi connectivity index (χ4v) is 1.25. The van der Waals surface area contributed by atoms with Crippen LogP contribution in [-0.4, -0.2) is 6.54 Å². The van der Waals surface area contributed by atoms with Crippen LogP contribution in [-0.2, 0) is 0 Å². The molecule has 1 aromatic rings. The molecule has 0 saturated heterocycles. The van der Waals surface area contributed by atoms with E-state index in [4.69, 9.17) is 6.42 Å². The first-order valence-corrected chi connectivity index (χ1v) is 4.66. The van der Waals surface area contributed by atoms with Gasteiger partial charge in [0.1, 0.15) is 5.82 Å². The first kappa shape index (κ1) is 10.7. The maximum atomic E-state index is 12.9. The summed E-state index contributed by atoms with van der Waals surface area (Å²) in [5.74, 6) is 2.35. The van der Waals surface area contributed by atoms with E-state index in [9.17, 15) is 4.39 Å². The summed E-state index contributed by atoms with van der Waals surface area (Å²) in [7, 11) is 0. The van der Waals surface area contributed by atoms with Crippen LogP contribution in [0.4, 0.5) is 4.39 Å². The maximum Gasteiger partial charge on any atom is 0.123 e. The van der Waals surface area contributed by atoms with Crippen LogP contribution in [0.15, 0.2) is 24.3 Å². The molecule has 0 spiro atoms. The minimum absolute atomic E-state index is 0.138. The van der Waals surface area contributed by atoms with Gasteiger partial charge < -0.3 is 5.32 Å². The van der Waals surface area contributed by atoms with Crippen molar-refractivity contribution in [3.05, 3.63) is 35.6 Å². The van der Waals surface area contributed by atoms with E-state index in [2.05, 4.69) is 11.2 Å². The van der Waals surface area contributed by atoms with Crippen molar-refractivity contribution in [3.8, 4) is 12.3 Å². The zero-order chi connectivity index (χ0) is 10.4. The first-order chi connectivity index (χ1) is 6.74. The van der Waals surface area contributed by atoms with Crippen molar-refractivity contribution < 1.29 is 4.39 Å². The van der Waals surface area contributed by atoms with Gasteiger partial charge in [0, 0.05) is 19.0 Å². The molecule has 0 fully saturated rings. The second-order valence-corrected chi connectivity index (χ2v) is 3.18. The van der Waals surface area contributed by atoms with E-state index in [1.807, 2.05) is 13.0 Å². The largest absolute Gasteiger partial charge is 0.309 e. The number of rotatable bonds is 4. The van der Waals surface area contributed by atoms with Gasteiger partial charge in [0.2, 0.25) is 0 Å². The Balaban J connectivity index is 2.52. The molecular weight excluding hydrogens is 177 g/mol. The highest BCUT2D eigenvalue weighted by Gasteiger charge is 2.03. The van der Waals surface area contributed by atoms with Gasteiger partial charge in [-0.15, -0.1) is 12.3 Å². The quantitative estimate of drug-likeness (QED) is 0.569. The van der Waals surface area contributed by atoms with Gasteiger partial charge in [-0.1, -0.05) is 12.1 Å². The Morgan fingerprint density at radius 3 is 3.00 bits per heavy atom. The predicted molar refractivity (Wildman–Crippen MR) is 56.3 cm³/mol. The number of terminal acetylenes is 1. The SMILES string of the molecule is C#CCCN[C@H](C)c1cccc(F)c1. The molecule has 0 unspecified atom stereocenters. The van der Waals surface area contributed by atoms with Gasteiger partial charge in [0.25, 0.3) is 0 Å². The smallest absolute Gasteiger partial charge is 0.123 e. The zero-order valence-electron chi connectivity index (χ0n) is 8.26. The Labute approximate surface area is 84.3 Å². The van der Waals surface area contributed by atoms with E-state index in [1.165, 1.54) is 12.1 Å². The number of nitrogens with one attached hydrogen (secondary N) is 1. The molecule has 1 aromatic carbocycles. The molecular formula is C12H14FN. The molecule has 74 valence electrons. The van der Waals surface area contributed by atoms with Crippen molar-refractivity contribution in [3.63, 3.8) is 0 Å². The lowest BCUT2D eigenvalue weighted by atomic mass is 10.1. The molecule has 1 rings (SSSR count). The molecule has 0 amide bonds. The molecule has 1 N–H and O–H groups in total. The van der Waals surface area contributed by atoms with E-state index >= 15 is 0 Å². The maximum absolute atomic E-state index is 12.9. The van der Waals surface area contributed by atoms with Gasteiger partial charge >= 0.3 is 0 Å². The lowest BCUT2D eigenvalue weighted by Crippen LogP contribution is -2.19. The van der Waals surface area contributed by atoms with E-state index < -0.39 is 0 Å². The lowest BCUT2D eigenvalue weighted by Gasteiger charge is -2.12. The monoisotopic (exact) mass is 191 g/mol. The highest BCUT2D eigenvalue weighted by molar-refractivity contribution is 5.19. The second-order valence-electron chi connectivity index (χ2n) is 3.18. The summed E-state index contributed by atoms with van der Waals surface area (Å²) in [6.07, 6.45) is 5.82. The average Bonchev–Trinajstić information content (AvgIpc) is 2.18. The Hall–Kier alpha value is -1.33. The van der Waals surface area contributed by atoms with E-state index in [0.717, 1.165) is 12.1 Å². The Morgan fingerprint density at radius 1 is 1.57 bits per heavy atom. The van der Waals surface area contributed by atoms with Crippen LogP contribution in [0.5, 0.6) is 0 Å². The predicted octanol–water partition coefficient (Wildman–Crippen LogP) is 2.50. The molecule has 0 aliphatic heterocycles. The van der Waals surface area contributed by atoms with Gasteiger partial charge in [-0.05, 0) is 24.6 Å². The van der Waals surface area contributed by atoms with Gasteiger partial charge in [-0.3, -0.25) is 0 Å². The van der Waals surface area contributed by atoms with Crippen molar-refractivity contribution in [2.45, 2.75) is 19.4 Å². The molecule has 1 atom stereocenters. The molecule has 14 heavy (non-hydrogen) atoms. The molecule has 2 heteroatoms. The van der Waals surface area contributed by atoms with Crippen LogP contribution in [0.3, 0.4) is 0 Å². The van der Waals surface area contributed by atoms with Crippen LogP contribution in [0.1, 0.15) is 24.9 Å². The minimum atomic E-state index is -0.201. The van der Waals surface area contributed by atoms with Gasteiger partial charge in [-0.2, -0.15) is 0 Å². The van der Waals surface area contributed by atoms with Crippen LogP contribution in [0.2, 0.25) is 0 Å². The number of hydrogen-bond donors (Lipinski definition) is 1. The van der Waals surface area contributed by atoms with Crippen molar-refractivity contribution in [2.24, 2.45) is 0 Å². The molecule has 0 aliphatic carbocycles. The van der Waals surface area contributed by atoms with Gasteiger partial charge in [0.05, 0.1) is 0 Å². The molecule has 0 aliphatic rings. The third kappa shape index (κ3) is 3.20. The third-order valence-corrected chi connectivity index (χ3v) is 2.07. The molecule has 0 radical (unpaired) electrons. The topological polar surface area (TPSA) is 12.0 Å². The van der Waals surface area contributed by atoms with Crippen LogP contribution in [0, 0.1) is 18.2 Å².